The van der Waals surface area contributed by atoms with Gasteiger partial charge in [-0.1, -0.05) is 13.0 Å². The first kappa shape index (κ1) is 11.9. The zero-order valence-electron chi connectivity index (χ0n) is 8.82. The Hall–Kier alpha value is -0.190. The van der Waals surface area contributed by atoms with E-state index in [1.165, 1.54) is 0 Å². The third-order valence-electron chi connectivity index (χ3n) is 2.26. The predicted molar refractivity (Wildman–Crippen MR) is 63.3 cm³/mol. The first-order chi connectivity index (χ1) is 6.66. The van der Waals surface area contributed by atoms with Gasteiger partial charge in [0.05, 0.1) is 20.3 Å². The van der Waals surface area contributed by atoms with Crippen LogP contribution in [0.3, 0.4) is 0 Å². The number of nitrogens with one attached hydrogen (secondary N) is 1. The van der Waals surface area contributed by atoms with E-state index in [1.54, 1.807) is 11.3 Å². The van der Waals surface area contributed by atoms with Crippen LogP contribution in [0.4, 0.5) is 0 Å². The van der Waals surface area contributed by atoms with Gasteiger partial charge in [0, 0.05) is 6.04 Å². The van der Waals surface area contributed by atoms with Crippen LogP contribution in [0.25, 0.3) is 0 Å². The SMILES string of the molecule is CCNC(C)C(C)S(=O)c1cccs1. The molecule has 14 heavy (non-hydrogen) atoms. The minimum absolute atomic E-state index is 0.161. The van der Waals surface area contributed by atoms with Gasteiger partial charge in [-0.2, -0.15) is 0 Å². The van der Waals surface area contributed by atoms with E-state index >= 15 is 0 Å². The Balaban J connectivity index is 2.61. The fourth-order valence-electron chi connectivity index (χ4n) is 1.23. The van der Waals surface area contributed by atoms with Gasteiger partial charge in [0.15, 0.2) is 0 Å². The van der Waals surface area contributed by atoms with Crippen molar-refractivity contribution in [3.8, 4) is 0 Å². The molecule has 4 heteroatoms. The molecule has 2 nitrogen and oxygen atoms in total. The summed E-state index contributed by atoms with van der Waals surface area (Å²) >= 11 is 1.57. The second-order valence-electron chi connectivity index (χ2n) is 3.28. The molecule has 0 spiro atoms. The normalized spacial score (nSPS) is 17.6. The standard InChI is InChI=1S/C10H17NOS2/c1-4-11-8(2)9(3)14(12)10-6-5-7-13-10/h5-9,11H,4H2,1-3H3. The number of hydrogen-bond acceptors (Lipinski definition) is 3. The van der Waals surface area contributed by atoms with Crippen molar-refractivity contribution < 1.29 is 4.21 Å². The van der Waals surface area contributed by atoms with Crippen LogP contribution in [0.5, 0.6) is 0 Å². The second-order valence-corrected chi connectivity index (χ2v) is 6.27. The average Bonchev–Trinajstić information content (AvgIpc) is 2.68. The molecule has 1 heterocycles. The maximum Gasteiger partial charge on any atom is 0.0913 e. The summed E-state index contributed by atoms with van der Waals surface area (Å²) in [6.07, 6.45) is 0. The Labute approximate surface area is 92.2 Å². The molecule has 0 aliphatic rings. The monoisotopic (exact) mass is 231 g/mol. The van der Waals surface area contributed by atoms with Gasteiger partial charge >= 0.3 is 0 Å². The highest BCUT2D eigenvalue weighted by Crippen LogP contribution is 2.18. The quantitative estimate of drug-likeness (QED) is 0.842. The largest absolute Gasteiger partial charge is 0.313 e. The lowest BCUT2D eigenvalue weighted by Gasteiger charge is -2.19. The topological polar surface area (TPSA) is 29.1 Å². The summed E-state index contributed by atoms with van der Waals surface area (Å²) in [5.74, 6) is 0. The van der Waals surface area contributed by atoms with Gasteiger partial charge in [0.25, 0.3) is 0 Å². The van der Waals surface area contributed by atoms with E-state index < -0.39 is 10.8 Å². The predicted octanol–water partition coefficient (Wildman–Crippen LogP) is 2.24. The first-order valence-corrected chi connectivity index (χ1v) is 6.93. The number of thiophene rings is 1. The van der Waals surface area contributed by atoms with Gasteiger partial charge in [0.1, 0.15) is 0 Å². The molecule has 1 N–H and O–H groups in total. The Kier molecular flexibility index (Phi) is 4.78. The van der Waals surface area contributed by atoms with Gasteiger partial charge in [-0.15, -0.1) is 11.3 Å². The van der Waals surface area contributed by atoms with E-state index in [0.717, 1.165) is 10.8 Å². The molecule has 3 unspecified atom stereocenters. The third kappa shape index (κ3) is 2.90. The third-order valence-corrected chi connectivity index (χ3v) is 5.32. The van der Waals surface area contributed by atoms with Crippen molar-refractivity contribution in [1.29, 1.82) is 0 Å². The zero-order chi connectivity index (χ0) is 10.6. The van der Waals surface area contributed by atoms with Gasteiger partial charge in [-0.25, -0.2) is 0 Å². The van der Waals surface area contributed by atoms with Crippen molar-refractivity contribution in [3.63, 3.8) is 0 Å². The van der Waals surface area contributed by atoms with E-state index in [9.17, 15) is 4.21 Å². The average molecular weight is 231 g/mol. The van der Waals surface area contributed by atoms with Gasteiger partial charge in [0.2, 0.25) is 0 Å². The van der Waals surface area contributed by atoms with Crippen LogP contribution in [-0.4, -0.2) is 22.0 Å². The minimum Gasteiger partial charge on any atom is -0.313 e. The van der Waals surface area contributed by atoms with E-state index in [-0.39, 0.29) is 5.25 Å². The fraction of sp³-hybridized carbons (Fsp3) is 0.600. The molecule has 0 saturated carbocycles. The summed E-state index contributed by atoms with van der Waals surface area (Å²) in [5.41, 5.74) is 0. The molecule has 1 rings (SSSR count). The molecule has 0 fully saturated rings. The zero-order valence-corrected chi connectivity index (χ0v) is 10.5. The molecular weight excluding hydrogens is 214 g/mol. The van der Waals surface area contributed by atoms with E-state index in [0.29, 0.717) is 6.04 Å². The van der Waals surface area contributed by atoms with Crippen molar-refractivity contribution >= 4 is 22.1 Å². The molecule has 0 aliphatic heterocycles. The van der Waals surface area contributed by atoms with Crippen LogP contribution in [-0.2, 0) is 10.8 Å². The van der Waals surface area contributed by atoms with E-state index in [1.807, 2.05) is 24.4 Å². The minimum atomic E-state index is -0.873. The summed E-state index contributed by atoms with van der Waals surface area (Å²) in [7, 11) is -0.873. The Morgan fingerprint density at radius 3 is 2.79 bits per heavy atom. The molecule has 3 atom stereocenters. The fourth-order valence-corrected chi connectivity index (χ4v) is 3.73. The Morgan fingerprint density at radius 2 is 2.29 bits per heavy atom. The number of rotatable bonds is 5. The lowest BCUT2D eigenvalue weighted by molar-refractivity contribution is 0.550. The lowest BCUT2D eigenvalue weighted by Crippen LogP contribution is -2.37. The summed E-state index contributed by atoms with van der Waals surface area (Å²) in [5, 5.41) is 5.43. The van der Waals surface area contributed by atoms with E-state index in [2.05, 4.69) is 19.2 Å². The summed E-state index contributed by atoms with van der Waals surface area (Å²) in [6, 6.07) is 4.18. The van der Waals surface area contributed by atoms with E-state index in [4.69, 9.17) is 0 Å². The van der Waals surface area contributed by atoms with Crippen LogP contribution >= 0.6 is 11.3 Å². The molecule has 0 saturated heterocycles. The Bertz CT molecular complexity index is 284. The summed E-state index contributed by atoms with van der Waals surface area (Å²) in [4.78, 5) is 0. The molecule has 0 bridgehead atoms. The van der Waals surface area contributed by atoms with Crippen molar-refractivity contribution in [2.75, 3.05) is 6.54 Å². The maximum absolute atomic E-state index is 12.0. The van der Waals surface area contributed by atoms with Crippen LogP contribution < -0.4 is 5.32 Å². The van der Waals surface area contributed by atoms with Crippen molar-refractivity contribution in [2.24, 2.45) is 0 Å². The van der Waals surface area contributed by atoms with Crippen molar-refractivity contribution in [2.45, 2.75) is 36.3 Å². The molecule has 0 aromatic carbocycles. The molecular formula is C10H17NOS2. The molecule has 80 valence electrons. The van der Waals surface area contributed by atoms with Gasteiger partial charge in [-0.3, -0.25) is 4.21 Å². The smallest absolute Gasteiger partial charge is 0.0913 e. The number of hydrogen-bond donors (Lipinski definition) is 1. The second kappa shape index (κ2) is 5.63. The van der Waals surface area contributed by atoms with Crippen molar-refractivity contribution in [3.05, 3.63) is 17.5 Å². The summed E-state index contributed by atoms with van der Waals surface area (Å²) < 4.78 is 13.0. The molecule has 0 aliphatic carbocycles. The molecule has 1 aromatic rings. The lowest BCUT2D eigenvalue weighted by atomic mass is 10.2. The van der Waals surface area contributed by atoms with Gasteiger partial charge in [-0.05, 0) is 31.8 Å². The molecule has 0 amide bonds. The maximum atomic E-state index is 12.0. The Morgan fingerprint density at radius 1 is 1.57 bits per heavy atom. The van der Waals surface area contributed by atoms with Crippen LogP contribution in [0.15, 0.2) is 21.7 Å². The highest BCUT2D eigenvalue weighted by Gasteiger charge is 2.19. The highest BCUT2D eigenvalue weighted by atomic mass is 32.2. The van der Waals surface area contributed by atoms with Crippen LogP contribution in [0, 0.1) is 0 Å². The molecule has 1 aromatic heterocycles. The van der Waals surface area contributed by atoms with Crippen LogP contribution in [0.1, 0.15) is 20.8 Å². The van der Waals surface area contributed by atoms with Crippen molar-refractivity contribution in [1.82, 2.24) is 5.32 Å². The molecule has 0 radical (unpaired) electrons. The first-order valence-electron chi connectivity index (χ1n) is 4.84. The van der Waals surface area contributed by atoms with Crippen LogP contribution in [0.2, 0.25) is 0 Å². The highest BCUT2D eigenvalue weighted by molar-refractivity contribution is 7.87. The summed E-state index contributed by atoms with van der Waals surface area (Å²) in [6.45, 7) is 7.10. The van der Waals surface area contributed by atoms with Gasteiger partial charge < -0.3 is 5.32 Å².